The van der Waals surface area contributed by atoms with Crippen LogP contribution in [0.5, 0.6) is 0 Å². The average molecular weight is 482 g/mol. The Kier molecular flexibility index (Phi) is 6.32. The molecule has 2 aromatic carbocycles. The normalized spacial score (nSPS) is 12.5. The third kappa shape index (κ3) is 4.51. The Labute approximate surface area is 175 Å². The molecule has 1 aromatic heterocycles. The largest absolute Gasteiger partial charge is 0.350 e. The third-order valence-electron chi connectivity index (χ3n) is 4.23. The molecule has 3 aromatic rings. The standard InChI is InChI=1S/C20H17BrFNO3S2/c1-13-10-16(7-8-17(13)22)28(25,26)19(18-6-3-9-27-18)12-23-20(24)14-4-2-5-15(21)11-14/h2-11,19H,12H2,1H3,(H,23,24). The van der Waals surface area contributed by atoms with Gasteiger partial charge in [-0.15, -0.1) is 11.3 Å². The Morgan fingerprint density at radius 1 is 1.18 bits per heavy atom. The van der Waals surface area contributed by atoms with Crippen molar-refractivity contribution in [3.63, 3.8) is 0 Å². The molecule has 0 radical (unpaired) electrons. The van der Waals surface area contributed by atoms with Gasteiger partial charge in [0.2, 0.25) is 0 Å². The fourth-order valence-electron chi connectivity index (χ4n) is 2.71. The van der Waals surface area contributed by atoms with E-state index in [1.807, 2.05) is 0 Å². The summed E-state index contributed by atoms with van der Waals surface area (Å²) >= 11 is 4.61. The Morgan fingerprint density at radius 3 is 2.61 bits per heavy atom. The van der Waals surface area contributed by atoms with E-state index >= 15 is 0 Å². The first-order valence-electron chi connectivity index (χ1n) is 8.36. The molecule has 1 N–H and O–H groups in total. The predicted octanol–water partition coefficient (Wildman–Crippen LogP) is 4.90. The lowest BCUT2D eigenvalue weighted by atomic mass is 10.2. The van der Waals surface area contributed by atoms with Crippen LogP contribution in [0.25, 0.3) is 0 Å². The molecule has 0 fully saturated rings. The summed E-state index contributed by atoms with van der Waals surface area (Å²) in [6.45, 7) is 1.42. The van der Waals surface area contributed by atoms with Gasteiger partial charge in [-0.25, -0.2) is 12.8 Å². The zero-order valence-electron chi connectivity index (χ0n) is 14.9. The number of hydrogen-bond acceptors (Lipinski definition) is 4. The van der Waals surface area contributed by atoms with Crippen molar-refractivity contribution in [2.24, 2.45) is 0 Å². The number of thiophene rings is 1. The highest BCUT2D eigenvalue weighted by Crippen LogP contribution is 2.32. The second-order valence-electron chi connectivity index (χ2n) is 6.18. The van der Waals surface area contributed by atoms with Crippen molar-refractivity contribution in [1.29, 1.82) is 0 Å². The Hall–Kier alpha value is -2.03. The number of rotatable bonds is 6. The first-order chi connectivity index (χ1) is 13.3. The molecule has 8 heteroatoms. The van der Waals surface area contributed by atoms with Crippen LogP contribution in [0.2, 0.25) is 0 Å². The van der Waals surface area contributed by atoms with Crippen LogP contribution in [0.4, 0.5) is 4.39 Å². The van der Waals surface area contributed by atoms with E-state index in [-0.39, 0.29) is 22.9 Å². The SMILES string of the molecule is Cc1cc(S(=O)(=O)C(CNC(=O)c2cccc(Br)c2)c2cccs2)ccc1F. The second kappa shape index (κ2) is 8.55. The topological polar surface area (TPSA) is 63.2 Å². The summed E-state index contributed by atoms with van der Waals surface area (Å²) in [5.74, 6) is -0.831. The summed E-state index contributed by atoms with van der Waals surface area (Å²) in [5, 5.41) is 3.53. The van der Waals surface area contributed by atoms with Crippen molar-refractivity contribution in [2.75, 3.05) is 6.54 Å². The van der Waals surface area contributed by atoms with E-state index < -0.39 is 20.9 Å². The zero-order chi connectivity index (χ0) is 20.3. The Balaban J connectivity index is 1.89. The predicted molar refractivity (Wildman–Crippen MR) is 112 cm³/mol. The number of halogens is 2. The van der Waals surface area contributed by atoms with Crippen molar-refractivity contribution >= 4 is 43.0 Å². The molecule has 0 saturated carbocycles. The third-order valence-corrected chi connectivity index (χ3v) is 7.94. The van der Waals surface area contributed by atoms with Crippen LogP contribution < -0.4 is 5.32 Å². The zero-order valence-corrected chi connectivity index (χ0v) is 18.1. The van der Waals surface area contributed by atoms with Gasteiger partial charge in [-0.1, -0.05) is 28.1 Å². The minimum atomic E-state index is -3.83. The molecule has 3 rings (SSSR count). The molecule has 146 valence electrons. The fraction of sp³-hybridized carbons (Fsp3) is 0.150. The summed E-state index contributed by atoms with van der Waals surface area (Å²) in [7, 11) is -3.83. The van der Waals surface area contributed by atoms with E-state index in [4.69, 9.17) is 0 Å². The number of nitrogens with one attached hydrogen (secondary N) is 1. The van der Waals surface area contributed by atoms with E-state index in [9.17, 15) is 17.6 Å². The van der Waals surface area contributed by atoms with Gasteiger partial charge in [0.25, 0.3) is 5.91 Å². The molecule has 0 aliphatic heterocycles. The summed E-state index contributed by atoms with van der Waals surface area (Å²) in [6, 6.07) is 14.0. The van der Waals surface area contributed by atoms with Crippen molar-refractivity contribution in [3.05, 3.63) is 86.3 Å². The molecular weight excluding hydrogens is 465 g/mol. The minimum Gasteiger partial charge on any atom is -0.350 e. The maximum Gasteiger partial charge on any atom is 0.251 e. The number of hydrogen-bond donors (Lipinski definition) is 1. The monoisotopic (exact) mass is 481 g/mol. The van der Waals surface area contributed by atoms with Gasteiger partial charge < -0.3 is 5.32 Å². The summed E-state index contributed by atoms with van der Waals surface area (Å²) in [4.78, 5) is 13.1. The van der Waals surface area contributed by atoms with Crippen LogP contribution in [-0.2, 0) is 9.84 Å². The maximum atomic E-state index is 13.6. The van der Waals surface area contributed by atoms with Gasteiger partial charge in [0.15, 0.2) is 9.84 Å². The van der Waals surface area contributed by atoms with Gasteiger partial charge in [-0.05, 0) is 60.3 Å². The molecule has 1 amide bonds. The van der Waals surface area contributed by atoms with Crippen LogP contribution >= 0.6 is 27.3 Å². The van der Waals surface area contributed by atoms with Crippen LogP contribution in [0.15, 0.2) is 69.3 Å². The molecule has 4 nitrogen and oxygen atoms in total. The average Bonchev–Trinajstić information content (AvgIpc) is 3.18. The van der Waals surface area contributed by atoms with Gasteiger partial charge in [-0.2, -0.15) is 0 Å². The van der Waals surface area contributed by atoms with Gasteiger partial charge in [0.05, 0.1) is 4.90 Å². The lowest BCUT2D eigenvalue weighted by molar-refractivity contribution is 0.0953. The molecule has 0 spiro atoms. The Morgan fingerprint density at radius 2 is 1.96 bits per heavy atom. The van der Waals surface area contributed by atoms with E-state index in [1.165, 1.54) is 30.4 Å². The number of carbonyl (C=O) groups excluding carboxylic acids is 1. The highest BCUT2D eigenvalue weighted by Gasteiger charge is 2.31. The van der Waals surface area contributed by atoms with Crippen molar-refractivity contribution in [2.45, 2.75) is 17.1 Å². The van der Waals surface area contributed by atoms with Crippen LogP contribution in [0.1, 0.15) is 26.0 Å². The van der Waals surface area contributed by atoms with Crippen LogP contribution in [-0.4, -0.2) is 20.9 Å². The molecule has 1 unspecified atom stereocenters. The molecule has 0 saturated heterocycles. The molecular formula is C20H17BrFNO3S2. The van der Waals surface area contributed by atoms with E-state index in [1.54, 1.807) is 41.8 Å². The van der Waals surface area contributed by atoms with E-state index in [2.05, 4.69) is 21.2 Å². The van der Waals surface area contributed by atoms with Crippen molar-refractivity contribution < 1.29 is 17.6 Å². The second-order valence-corrected chi connectivity index (χ2v) is 10.2. The molecule has 0 bridgehead atoms. The molecule has 28 heavy (non-hydrogen) atoms. The molecule has 0 aliphatic carbocycles. The quantitative estimate of drug-likeness (QED) is 0.509. The molecule has 1 atom stereocenters. The Bertz CT molecular complexity index is 1100. The van der Waals surface area contributed by atoms with Gasteiger partial charge in [-0.3, -0.25) is 4.79 Å². The first kappa shape index (κ1) is 20.7. The maximum absolute atomic E-state index is 13.6. The van der Waals surface area contributed by atoms with E-state index in [0.29, 0.717) is 10.4 Å². The summed E-state index contributed by atoms with van der Waals surface area (Å²) in [6.07, 6.45) is 0. The van der Waals surface area contributed by atoms with E-state index in [0.717, 1.165) is 10.5 Å². The number of carbonyl (C=O) groups is 1. The number of aryl methyl sites for hydroxylation is 1. The fourth-order valence-corrected chi connectivity index (χ4v) is 5.98. The minimum absolute atomic E-state index is 0.0292. The first-order valence-corrected chi connectivity index (χ1v) is 11.6. The number of sulfone groups is 1. The highest BCUT2D eigenvalue weighted by atomic mass is 79.9. The van der Waals surface area contributed by atoms with Crippen molar-refractivity contribution in [3.8, 4) is 0 Å². The molecule has 1 heterocycles. The lowest BCUT2D eigenvalue weighted by Crippen LogP contribution is -2.31. The number of benzene rings is 2. The summed E-state index contributed by atoms with van der Waals surface area (Å²) in [5.41, 5.74) is 0.679. The highest BCUT2D eigenvalue weighted by molar-refractivity contribution is 9.10. The summed E-state index contributed by atoms with van der Waals surface area (Å²) < 4.78 is 40.8. The van der Waals surface area contributed by atoms with Crippen LogP contribution in [0, 0.1) is 12.7 Å². The van der Waals surface area contributed by atoms with Crippen LogP contribution in [0.3, 0.4) is 0 Å². The number of amides is 1. The smallest absolute Gasteiger partial charge is 0.251 e. The lowest BCUT2D eigenvalue weighted by Gasteiger charge is -2.18. The van der Waals surface area contributed by atoms with Gasteiger partial charge >= 0.3 is 0 Å². The molecule has 0 aliphatic rings. The van der Waals surface area contributed by atoms with Crippen molar-refractivity contribution in [1.82, 2.24) is 5.32 Å². The van der Waals surface area contributed by atoms with Gasteiger partial charge in [0, 0.05) is 21.5 Å². The van der Waals surface area contributed by atoms with Gasteiger partial charge in [0.1, 0.15) is 11.1 Å².